The van der Waals surface area contributed by atoms with Gasteiger partial charge < -0.3 is 9.15 Å². The zero-order chi connectivity index (χ0) is 16.7. The van der Waals surface area contributed by atoms with Crippen LogP contribution in [0.1, 0.15) is 13.8 Å². The van der Waals surface area contributed by atoms with Crippen molar-refractivity contribution in [2.75, 3.05) is 0 Å². The van der Waals surface area contributed by atoms with E-state index in [9.17, 15) is 4.79 Å². The second-order valence-electron chi connectivity index (χ2n) is 5.95. The smallest absolute Gasteiger partial charge is 0.193 e. The molecule has 24 heavy (non-hydrogen) atoms. The standard InChI is InChI=1S/C20H16O3S/c1-12(2)22-13-7-8-15-17(21)10-19(23-18(15)9-13)16-11-24-20-6-4-3-5-14(16)20/h3-12H,1-2H3. The highest BCUT2D eigenvalue weighted by Crippen LogP contribution is 2.34. The van der Waals surface area contributed by atoms with Crippen LogP contribution in [0.2, 0.25) is 0 Å². The van der Waals surface area contributed by atoms with E-state index in [1.165, 1.54) is 4.70 Å². The predicted octanol–water partition coefficient (Wildman–Crippen LogP) is 5.46. The van der Waals surface area contributed by atoms with Crippen LogP contribution in [0.4, 0.5) is 0 Å². The van der Waals surface area contributed by atoms with Gasteiger partial charge in [0, 0.05) is 33.2 Å². The van der Waals surface area contributed by atoms with Crippen LogP contribution in [0.25, 0.3) is 32.4 Å². The summed E-state index contributed by atoms with van der Waals surface area (Å²) in [5, 5.41) is 3.69. The van der Waals surface area contributed by atoms with E-state index in [4.69, 9.17) is 9.15 Å². The van der Waals surface area contributed by atoms with Gasteiger partial charge in [0.2, 0.25) is 0 Å². The van der Waals surface area contributed by atoms with Gasteiger partial charge in [0.15, 0.2) is 5.43 Å². The summed E-state index contributed by atoms with van der Waals surface area (Å²) in [5.74, 6) is 1.29. The molecule has 4 heteroatoms. The number of hydrogen-bond acceptors (Lipinski definition) is 4. The van der Waals surface area contributed by atoms with E-state index in [0.29, 0.717) is 22.5 Å². The van der Waals surface area contributed by atoms with Crippen molar-refractivity contribution in [2.24, 2.45) is 0 Å². The molecule has 0 fully saturated rings. The summed E-state index contributed by atoms with van der Waals surface area (Å²) in [6, 6.07) is 15.0. The maximum absolute atomic E-state index is 12.5. The Morgan fingerprint density at radius 1 is 1.04 bits per heavy atom. The highest BCUT2D eigenvalue weighted by atomic mass is 32.1. The summed E-state index contributed by atoms with van der Waals surface area (Å²) in [4.78, 5) is 12.5. The van der Waals surface area contributed by atoms with E-state index >= 15 is 0 Å². The Balaban J connectivity index is 1.91. The molecule has 0 amide bonds. The monoisotopic (exact) mass is 336 g/mol. The maximum Gasteiger partial charge on any atom is 0.193 e. The quantitative estimate of drug-likeness (QED) is 0.498. The van der Waals surface area contributed by atoms with E-state index in [1.54, 1.807) is 35.6 Å². The molecule has 2 heterocycles. The van der Waals surface area contributed by atoms with Gasteiger partial charge in [-0.25, -0.2) is 0 Å². The average Bonchev–Trinajstić information content (AvgIpc) is 2.98. The second kappa shape index (κ2) is 5.80. The van der Waals surface area contributed by atoms with Gasteiger partial charge >= 0.3 is 0 Å². The zero-order valence-electron chi connectivity index (χ0n) is 13.4. The molecule has 3 nitrogen and oxygen atoms in total. The molecular weight excluding hydrogens is 320 g/mol. The van der Waals surface area contributed by atoms with Crippen LogP contribution in [-0.4, -0.2) is 6.10 Å². The van der Waals surface area contributed by atoms with Crippen molar-refractivity contribution < 1.29 is 9.15 Å². The summed E-state index contributed by atoms with van der Waals surface area (Å²) < 4.78 is 12.9. The third-order valence-corrected chi connectivity index (χ3v) is 4.78. The lowest BCUT2D eigenvalue weighted by molar-refractivity contribution is 0.242. The highest BCUT2D eigenvalue weighted by Gasteiger charge is 2.12. The first-order chi connectivity index (χ1) is 11.6. The van der Waals surface area contributed by atoms with Crippen LogP contribution in [0.15, 0.2) is 63.1 Å². The SMILES string of the molecule is CC(C)Oc1ccc2c(=O)cc(-c3csc4ccccc34)oc2c1. The summed E-state index contributed by atoms with van der Waals surface area (Å²) in [5.41, 5.74) is 1.45. The molecule has 0 bridgehead atoms. The largest absolute Gasteiger partial charge is 0.491 e. The molecule has 0 saturated heterocycles. The average molecular weight is 336 g/mol. The van der Waals surface area contributed by atoms with Gasteiger partial charge in [-0.15, -0.1) is 11.3 Å². The number of fused-ring (bicyclic) bond motifs is 2. The molecule has 0 aliphatic carbocycles. The molecule has 0 atom stereocenters. The number of thiophene rings is 1. The number of hydrogen-bond donors (Lipinski definition) is 0. The van der Waals surface area contributed by atoms with Gasteiger partial charge in [0.05, 0.1) is 11.5 Å². The molecule has 4 rings (SSSR count). The molecule has 4 aromatic rings. The van der Waals surface area contributed by atoms with E-state index < -0.39 is 0 Å². The van der Waals surface area contributed by atoms with E-state index in [0.717, 1.165) is 10.9 Å². The number of ether oxygens (including phenoxy) is 1. The van der Waals surface area contributed by atoms with Crippen LogP contribution in [0, 0.1) is 0 Å². The van der Waals surface area contributed by atoms with Gasteiger partial charge in [0.25, 0.3) is 0 Å². The Labute approximate surface area is 143 Å². The summed E-state index contributed by atoms with van der Waals surface area (Å²) in [7, 11) is 0. The van der Waals surface area contributed by atoms with E-state index in [-0.39, 0.29) is 11.5 Å². The molecule has 120 valence electrons. The lowest BCUT2D eigenvalue weighted by Gasteiger charge is -2.10. The first-order valence-corrected chi connectivity index (χ1v) is 8.71. The van der Waals surface area contributed by atoms with Gasteiger partial charge in [-0.1, -0.05) is 18.2 Å². The molecule has 2 aromatic heterocycles. The van der Waals surface area contributed by atoms with Crippen molar-refractivity contribution in [1.29, 1.82) is 0 Å². The molecule has 0 unspecified atom stereocenters. The summed E-state index contributed by atoms with van der Waals surface area (Å²) in [6.45, 7) is 3.93. The van der Waals surface area contributed by atoms with Crippen molar-refractivity contribution in [3.63, 3.8) is 0 Å². The molecular formula is C20H16O3S. The number of rotatable bonds is 3. The molecule has 0 radical (unpaired) electrons. The highest BCUT2D eigenvalue weighted by molar-refractivity contribution is 7.17. The first kappa shape index (κ1) is 15.0. The van der Waals surface area contributed by atoms with Crippen molar-refractivity contribution in [3.05, 3.63) is 64.1 Å². The van der Waals surface area contributed by atoms with Crippen LogP contribution in [0.5, 0.6) is 5.75 Å². The normalized spacial score (nSPS) is 11.5. The van der Waals surface area contributed by atoms with Gasteiger partial charge in [0.1, 0.15) is 17.1 Å². The zero-order valence-corrected chi connectivity index (χ0v) is 14.2. The lowest BCUT2D eigenvalue weighted by Crippen LogP contribution is -2.06. The Kier molecular flexibility index (Phi) is 3.62. The second-order valence-corrected chi connectivity index (χ2v) is 6.86. The maximum atomic E-state index is 12.5. The van der Waals surface area contributed by atoms with Crippen molar-refractivity contribution in [1.82, 2.24) is 0 Å². The molecule has 0 aliphatic rings. The van der Waals surface area contributed by atoms with Gasteiger partial charge in [-0.2, -0.15) is 0 Å². The molecule has 0 aliphatic heterocycles. The minimum absolute atomic E-state index is 0.0439. The first-order valence-electron chi connectivity index (χ1n) is 7.83. The van der Waals surface area contributed by atoms with Crippen LogP contribution >= 0.6 is 11.3 Å². The van der Waals surface area contributed by atoms with E-state index in [2.05, 4.69) is 6.07 Å². The third-order valence-electron chi connectivity index (χ3n) is 3.82. The van der Waals surface area contributed by atoms with Gasteiger partial charge in [-0.3, -0.25) is 4.79 Å². The van der Waals surface area contributed by atoms with Crippen LogP contribution < -0.4 is 10.2 Å². The van der Waals surface area contributed by atoms with Crippen molar-refractivity contribution in [3.8, 4) is 17.1 Å². The fraction of sp³-hybridized carbons (Fsp3) is 0.150. The van der Waals surface area contributed by atoms with Crippen molar-refractivity contribution >= 4 is 32.4 Å². The Hall–Kier alpha value is -2.59. The predicted molar refractivity (Wildman–Crippen MR) is 99.1 cm³/mol. The molecule has 2 aromatic carbocycles. The summed E-state index contributed by atoms with van der Waals surface area (Å²) in [6.07, 6.45) is 0.0678. The molecule has 0 spiro atoms. The van der Waals surface area contributed by atoms with Crippen molar-refractivity contribution in [2.45, 2.75) is 20.0 Å². The molecule has 0 N–H and O–H groups in total. The lowest BCUT2D eigenvalue weighted by atomic mass is 10.1. The fourth-order valence-corrected chi connectivity index (χ4v) is 3.73. The Morgan fingerprint density at radius 3 is 2.71 bits per heavy atom. The fourth-order valence-electron chi connectivity index (χ4n) is 2.78. The topological polar surface area (TPSA) is 39.4 Å². The van der Waals surface area contributed by atoms with Crippen LogP contribution in [0.3, 0.4) is 0 Å². The third kappa shape index (κ3) is 2.59. The summed E-state index contributed by atoms with van der Waals surface area (Å²) >= 11 is 1.64. The Bertz CT molecular complexity index is 1090. The number of benzene rings is 2. The molecule has 0 saturated carbocycles. The van der Waals surface area contributed by atoms with Crippen LogP contribution in [-0.2, 0) is 0 Å². The Morgan fingerprint density at radius 2 is 1.88 bits per heavy atom. The van der Waals surface area contributed by atoms with Gasteiger partial charge in [-0.05, 0) is 32.0 Å². The minimum Gasteiger partial charge on any atom is -0.491 e. The minimum atomic E-state index is -0.0439. The van der Waals surface area contributed by atoms with E-state index in [1.807, 2.05) is 37.4 Å².